The first kappa shape index (κ1) is 11.8. The van der Waals surface area contributed by atoms with Crippen LogP contribution in [0.15, 0.2) is 55.0 Å². The lowest BCUT2D eigenvalue weighted by Gasteiger charge is -2.08. The molecule has 2 aromatic heterocycles. The quantitative estimate of drug-likeness (QED) is 0.758. The van der Waals surface area contributed by atoms with Crippen LogP contribution in [-0.4, -0.2) is 9.97 Å². The van der Waals surface area contributed by atoms with E-state index in [1.54, 1.807) is 0 Å². The van der Waals surface area contributed by atoms with Gasteiger partial charge in [-0.15, -0.1) is 0 Å². The smallest absolute Gasteiger partial charge is 0.0702 e. The number of rotatable bonds is 2. The van der Waals surface area contributed by atoms with E-state index in [0.29, 0.717) is 0 Å². The summed E-state index contributed by atoms with van der Waals surface area (Å²) in [6.45, 7) is 1.96. The summed E-state index contributed by atoms with van der Waals surface area (Å²) < 4.78 is 0. The monoisotopic (exact) mass is 249 g/mol. The van der Waals surface area contributed by atoms with Gasteiger partial charge < -0.3 is 5.73 Å². The van der Waals surface area contributed by atoms with Crippen LogP contribution in [0.2, 0.25) is 0 Å². The SMILES string of the molecule is CC(N)c1cncc(-c2cnc3ccccc3c2)c1. The first-order valence-corrected chi connectivity index (χ1v) is 6.30. The van der Waals surface area contributed by atoms with E-state index in [0.717, 1.165) is 27.6 Å². The predicted octanol–water partition coefficient (Wildman–Crippen LogP) is 3.32. The first-order chi connectivity index (χ1) is 9.24. The van der Waals surface area contributed by atoms with Gasteiger partial charge in [-0.1, -0.05) is 18.2 Å². The molecule has 94 valence electrons. The Balaban J connectivity index is 2.11. The topological polar surface area (TPSA) is 51.8 Å². The fraction of sp³-hybridized carbons (Fsp3) is 0.125. The van der Waals surface area contributed by atoms with Gasteiger partial charge in [0.2, 0.25) is 0 Å². The van der Waals surface area contributed by atoms with Crippen LogP contribution in [0.3, 0.4) is 0 Å². The summed E-state index contributed by atoms with van der Waals surface area (Å²) in [5, 5.41) is 1.13. The Labute approximate surface area is 112 Å². The Kier molecular flexibility index (Phi) is 2.97. The molecule has 3 aromatic rings. The fourth-order valence-electron chi connectivity index (χ4n) is 2.09. The molecule has 2 N–H and O–H groups in total. The van der Waals surface area contributed by atoms with E-state index in [-0.39, 0.29) is 6.04 Å². The molecule has 0 bridgehead atoms. The van der Waals surface area contributed by atoms with Gasteiger partial charge in [-0.3, -0.25) is 9.97 Å². The molecule has 0 aliphatic carbocycles. The van der Waals surface area contributed by atoms with Gasteiger partial charge in [0.15, 0.2) is 0 Å². The van der Waals surface area contributed by atoms with Crippen LogP contribution in [0.25, 0.3) is 22.0 Å². The van der Waals surface area contributed by atoms with Crippen LogP contribution in [0.4, 0.5) is 0 Å². The van der Waals surface area contributed by atoms with E-state index in [2.05, 4.69) is 28.2 Å². The third-order valence-corrected chi connectivity index (χ3v) is 3.21. The van der Waals surface area contributed by atoms with E-state index >= 15 is 0 Å². The minimum Gasteiger partial charge on any atom is -0.324 e. The minimum absolute atomic E-state index is 0.0131. The minimum atomic E-state index is -0.0131. The highest BCUT2D eigenvalue weighted by Crippen LogP contribution is 2.23. The molecule has 19 heavy (non-hydrogen) atoms. The van der Waals surface area contributed by atoms with Crippen LogP contribution in [-0.2, 0) is 0 Å². The largest absolute Gasteiger partial charge is 0.324 e. The third-order valence-electron chi connectivity index (χ3n) is 3.21. The summed E-state index contributed by atoms with van der Waals surface area (Å²) in [7, 11) is 0. The zero-order valence-corrected chi connectivity index (χ0v) is 10.7. The Hall–Kier alpha value is -2.26. The van der Waals surface area contributed by atoms with E-state index in [9.17, 15) is 0 Å². The molecule has 3 heteroatoms. The molecule has 0 amide bonds. The lowest BCUT2D eigenvalue weighted by atomic mass is 10.0. The van der Waals surface area contributed by atoms with E-state index < -0.39 is 0 Å². The molecule has 0 radical (unpaired) electrons. The molecule has 0 aliphatic rings. The number of fused-ring (bicyclic) bond motifs is 1. The molecule has 0 aliphatic heterocycles. The molecular weight excluding hydrogens is 234 g/mol. The number of hydrogen-bond acceptors (Lipinski definition) is 3. The van der Waals surface area contributed by atoms with Crippen LogP contribution < -0.4 is 5.73 Å². The molecule has 2 heterocycles. The Morgan fingerprint density at radius 3 is 2.63 bits per heavy atom. The maximum atomic E-state index is 5.90. The summed E-state index contributed by atoms with van der Waals surface area (Å²) in [5.41, 5.74) is 10.0. The van der Waals surface area contributed by atoms with Crippen LogP contribution >= 0.6 is 0 Å². The molecule has 0 spiro atoms. The molecule has 1 aromatic carbocycles. The zero-order chi connectivity index (χ0) is 13.2. The maximum Gasteiger partial charge on any atom is 0.0702 e. The van der Waals surface area contributed by atoms with Crippen molar-refractivity contribution in [3.63, 3.8) is 0 Å². The van der Waals surface area contributed by atoms with Crippen molar-refractivity contribution in [2.75, 3.05) is 0 Å². The van der Waals surface area contributed by atoms with Gasteiger partial charge in [0, 0.05) is 41.1 Å². The first-order valence-electron chi connectivity index (χ1n) is 6.30. The lowest BCUT2D eigenvalue weighted by molar-refractivity contribution is 0.812. The molecule has 0 fully saturated rings. The zero-order valence-electron chi connectivity index (χ0n) is 10.7. The summed E-state index contributed by atoms with van der Waals surface area (Å²) in [4.78, 5) is 8.73. The van der Waals surface area contributed by atoms with Crippen molar-refractivity contribution < 1.29 is 0 Å². The summed E-state index contributed by atoms with van der Waals surface area (Å²) >= 11 is 0. The number of para-hydroxylation sites is 1. The average Bonchev–Trinajstić information content (AvgIpc) is 2.47. The van der Waals surface area contributed by atoms with Gasteiger partial charge in [0.1, 0.15) is 0 Å². The maximum absolute atomic E-state index is 5.90. The molecule has 0 saturated heterocycles. The van der Waals surface area contributed by atoms with E-state index in [1.807, 2.05) is 43.7 Å². The van der Waals surface area contributed by atoms with Gasteiger partial charge in [-0.2, -0.15) is 0 Å². The van der Waals surface area contributed by atoms with Gasteiger partial charge in [0.05, 0.1) is 5.52 Å². The molecule has 1 unspecified atom stereocenters. The van der Waals surface area contributed by atoms with Gasteiger partial charge >= 0.3 is 0 Å². The highest BCUT2D eigenvalue weighted by Gasteiger charge is 2.04. The van der Waals surface area contributed by atoms with Crippen molar-refractivity contribution in [2.45, 2.75) is 13.0 Å². The Morgan fingerprint density at radius 1 is 1.00 bits per heavy atom. The van der Waals surface area contributed by atoms with Crippen molar-refractivity contribution in [3.8, 4) is 11.1 Å². The molecule has 3 nitrogen and oxygen atoms in total. The number of aromatic nitrogens is 2. The average molecular weight is 249 g/mol. The van der Waals surface area contributed by atoms with Crippen LogP contribution in [0, 0.1) is 0 Å². The highest BCUT2D eigenvalue weighted by molar-refractivity contribution is 5.83. The molecule has 1 atom stereocenters. The summed E-state index contributed by atoms with van der Waals surface area (Å²) in [5.74, 6) is 0. The Morgan fingerprint density at radius 2 is 1.79 bits per heavy atom. The molecule has 0 saturated carbocycles. The number of pyridine rings is 2. The number of hydrogen-bond donors (Lipinski definition) is 1. The fourth-order valence-corrected chi connectivity index (χ4v) is 2.09. The second kappa shape index (κ2) is 4.78. The van der Waals surface area contributed by atoms with Crippen molar-refractivity contribution in [3.05, 3.63) is 60.6 Å². The predicted molar refractivity (Wildman–Crippen MR) is 77.6 cm³/mol. The molecular formula is C16H15N3. The second-order valence-electron chi connectivity index (χ2n) is 4.71. The number of benzene rings is 1. The van der Waals surface area contributed by atoms with Crippen molar-refractivity contribution in [1.82, 2.24) is 9.97 Å². The second-order valence-corrected chi connectivity index (χ2v) is 4.71. The van der Waals surface area contributed by atoms with Crippen LogP contribution in [0.1, 0.15) is 18.5 Å². The van der Waals surface area contributed by atoms with Crippen molar-refractivity contribution in [1.29, 1.82) is 0 Å². The summed E-state index contributed by atoms with van der Waals surface area (Å²) in [6.07, 6.45) is 5.53. The third kappa shape index (κ3) is 2.33. The van der Waals surface area contributed by atoms with Crippen molar-refractivity contribution >= 4 is 10.9 Å². The van der Waals surface area contributed by atoms with Gasteiger partial charge in [-0.25, -0.2) is 0 Å². The Bertz CT molecular complexity index is 720. The van der Waals surface area contributed by atoms with Crippen molar-refractivity contribution in [2.24, 2.45) is 5.73 Å². The standard InChI is InChI=1S/C16H15N3/c1-11(17)13-7-14(9-18-8-13)15-6-12-4-2-3-5-16(12)19-10-15/h2-11H,17H2,1H3. The van der Waals surface area contributed by atoms with Gasteiger partial charge in [0.25, 0.3) is 0 Å². The number of nitrogens with zero attached hydrogens (tertiary/aromatic N) is 2. The highest BCUT2D eigenvalue weighted by atomic mass is 14.7. The van der Waals surface area contributed by atoms with Crippen LogP contribution in [0.5, 0.6) is 0 Å². The normalized spacial score (nSPS) is 12.5. The van der Waals surface area contributed by atoms with E-state index in [4.69, 9.17) is 5.73 Å². The number of nitrogens with two attached hydrogens (primary N) is 1. The summed E-state index contributed by atoms with van der Waals surface area (Å²) in [6, 6.07) is 12.3. The lowest BCUT2D eigenvalue weighted by Crippen LogP contribution is -2.05. The van der Waals surface area contributed by atoms with E-state index in [1.165, 1.54) is 0 Å². The van der Waals surface area contributed by atoms with Gasteiger partial charge in [-0.05, 0) is 30.7 Å². The molecule has 3 rings (SSSR count).